The zero-order valence-electron chi connectivity index (χ0n) is 17.3. The Bertz CT molecular complexity index is 1060. The lowest BCUT2D eigenvalue weighted by Gasteiger charge is -2.49. The molecule has 1 fully saturated rings. The van der Waals surface area contributed by atoms with Gasteiger partial charge in [0.25, 0.3) is 11.8 Å². The highest BCUT2D eigenvalue weighted by Gasteiger charge is 2.60. The third kappa shape index (κ3) is 3.14. The number of nitrogens with one attached hydrogen (secondary N) is 1. The molecule has 1 aliphatic carbocycles. The average Bonchev–Trinajstić information content (AvgIpc) is 3.16. The lowest BCUT2D eigenvalue weighted by atomic mass is 9.93. The number of allylic oxidation sites excluding steroid dienone is 1. The van der Waals surface area contributed by atoms with Gasteiger partial charge in [-0.3, -0.25) is 19.3 Å². The van der Waals surface area contributed by atoms with Crippen molar-refractivity contribution in [1.82, 2.24) is 10.2 Å². The Balaban J connectivity index is 1.62. The fraction of sp³-hybridized carbons (Fsp3) is 0.320. The fourth-order valence-corrected chi connectivity index (χ4v) is 4.99. The summed E-state index contributed by atoms with van der Waals surface area (Å²) in [4.78, 5) is 43.7. The summed E-state index contributed by atoms with van der Waals surface area (Å²) >= 11 is 0. The van der Waals surface area contributed by atoms with Gasteiger partial charge < -0.3 is 10.2 Å². The summed E-state index contributed by atoms with van der Waals surface area (Å²) in [6.45, 7) is 0.256. The molecule has 5 rings (SSSR count). The second-order valence-electron chi connectivity index (χ2n) is 8.38. The van der Waals surface area contributed by atoms with Crippen LogP contribution >= 0.6 is 0 Å². The SMILES string of the molecule is O=C1c2ccccc2N2C(=O)CC[C@@]2(C(=O)N[C@@H]2C=CCCC2)N1Cc1ccccc1. The van der Waals surface area contributed by atoms with Crippen LogP contribution in [0.4, 0.5) is 5.69 Å². The zero-order valence-corrected chi connectivity index (χ0v) is 17.3. The van der Waals surface area contributed by atoms with Gasteiger partial charge in [-0.15, -0.1) is 0 Å². The van der Waals surface area contributed by atoms with Gasteiger partial charge in [0.15, 0.2) is 0 Å². The maximum absolute atomic E-state index is 13.8. The number of benzene rings is 2. The van der Waals surface area contributed by atoms with Crippen molar-refractivity contribution >= 4 is 23.4 Å². The van der Waals surface area contributed by atoms with Crippen LogP contribution in [0.15, 0.2) is 66.7 Å². The number of nitrogens with zero attached hydrogens (tertiary/aromatic N) is 2. The number of anilines is 1. The molecule has 2 aromatic carbocycles. The van der Waals surface area contributed by atoms with Crippen LogP contribution in [-0.2, 0) is 16.1 Å². The highest BCUT2D eigenvalue weighted by atomic mass is 16.2. The highest BCUT2D eigenvalue weighted by Crippen LogP contribution is 2.45. The first kappa shape index (κ1) is 19.5. The van der Waals surface area contributed by atoms with Crippen molar-refractivity contribution in [3.8, 4) is 0 Å². The molecule has 6 heteroatoms. The molecule has 2 atom stereocenters. The van der Waals surface area contributed by atoms with Gasteiger partial charge in [0.05, 0.1) is 11.3 Å². The molecule has 1 saturated heterocycles. The molecule has 0 aromatic heterocycles. The maximum Gasteiger partial charge on any atom is 0.267 e. The number of fused-ring (bicyclic) bond motifs is 3. The summed E-state index contributed by atoms with van der Waals surface area (Å²) < 4.78 is 0. The van der Waals surface area contributed by atoms with Crippen LogP contribution in [0.3, 0.4) is 0 Å². The average molecular weight is 415 g/mol. The zero-order chi connectivity index (χ0) is 21.4. The van der Waals surface area contributed by atoms with E-state index < -0.39 is 5.66 Å². The maximum atomic E-state index is 13.8. The van der Waals surface area contributed by atoms with Crippen LogP contribution in [-0.4, -0.2) is 34.3 Å². The Kier molecular flexibility index (Phi) is 4.85. The molecule has 2 aromatic rings. The Hall–Kier alpha value is -3.41. The van der Waals surface area contributed by atoms with Gasteiger partial charge in [-0.25, -0.2) is 0 Å². The molecule has 2 heterocycles. The van der Waals surface area contributed by atoms with E-state index in [4.69, 9.17) is 0 Å². The molecule has 158 valence electrons. The Morgan fingerprint density at radius 3 is 2.61 bits per heavy atom. The van der Waals surface area contributed by atoms with Crippen LogP contribution < -0.4 is 10.2 Å². The molecule has 0 spiro atoms. The number of hydrogen-bond donors (Lipinski definition) is 1. The second kappa shape index (κ2) is 7.69. The van der Waals surface area contributed by atoms with E-state index in [1.165, 1.54) is 0 Å². The van der Waals surface area contributed by atoms with Crippen LogP contribution in [0.2, 0.25) is 0 Å². The van der Waals surface area contributed by atoms with Crippen LogP contribution in [0.1, 0.15) is 48.0 Å². The molecular formula is C25H25N3O3. The van der Waals surface area contributed by atoms with E-state index in [2.05, 4.69) is 11.4 Å². The minimum atomic E-state index is -1.36. The van der Waals surface area contributed by atoms with Gasteiger partial charge in [0, 0.05) is 25.4 Å². The number of rotatable bonds is 4. The molecular weight excluding hydrogens is 390 g/mol. The lowest BCUT2D eigenvalue weighted by molar-refractivity contribution is -0.134. The Labute approximate surface area is 181 Å². The van der Waals surface area contributed by atoms with E-state index in [1.807, 2.05) is 36.4 Å². The monoisotopic (exact) mass is 415 g/mol. The molecule has 2 aliphatic heterocycles. The molecule has 31 heavy (non-hydrogen) atoms. The van der Waals surface area contributed by atoms with Gasteiger partial charge in [-0.1, -0.05) is 54.6 Å². The van der Waals surface area contributed by atoms with Crippen molar-refractivity contribution in [2.75, 3.05) is 4.90 Å². The molecule has 0 unspecified atom stereocenters. The first-order valence-electron chi connectivity index (χ1n) is 10.9. The van der Waals surface area contributed by atoms with Crippen LogP contribution in [0.5, 0.6) is 0 Å². The van der Waals surface area contributed by atoms with E-state index in [0.29, 0.717) is 11.3 Å². The minimum absolute atomic E-state index is 0.0842. The summed E-state index contributed by atoms with van der Waals surface area (Å²) in [7, 11) is 0. The van der Waals surface area contributed by atoms with Crippen molar-refractivity contribution in [1.29, 1.82) is 0 Å². The summed E-state index contributed by atoms with van der Waals surface area (Å²) in [5, 5.41) is 3.12. The largest absolute Gasteiger partial charge is 0.346 e. The normalized spacial score (nSPS) is 24.7. The Morgan fingerprint density at radius 2 is 1.84 bits per heavy atom. The van der Waals surface area contributed by atoms with Gasteiger partial charge in [-0.2, -0.15) is 0 Å². The predicted octanol–water partition coefficient (Wildman–Crippen LogP) is 3.39. The van der Waals surface area contributed by atoms with Crippen molar-refractivity contribution in [2.45, 2.75) is 50.4 Å². The number of carbonyl (C=O) groups is 3. The topological polar surface area (TPSA) is 69.7 Å². The van der Waals surface area contributed by atoms with E-state index in [1.54, 1.807) is 34.1 Å². The smallest absolute Gasteiger partial charge is 0.267 e. The van der Waals surface area contributed by atoms with Crippen molar-refractivity contribution in [2.24, 2.45) is 0 Å². The first-order chi connectivity index (χ1) is 15.1. The third-order valence-corrected chi connectivity index (χ3v) is 6.49. The summed E-state index contributed by atoms with van der Waals surface area (Å²) in [5.74, 6) is -0.638. The molecule has 3 aliphatic rings. The molecule has 0 saturated carbocycles. The Morgan fingerprint density at radius 1 is 1.06 bits per heavy atom. The predicted molar refractivity (Wildman–Crippen MR) is 117 cm³/mol. The molecule has 3 amide bonds. The quantitative estimate of drug-likeness (QED) is 0.779. The number of hydrogen-bond acceptors (Lipinski definition) is 3. The molecule has 0 radical (unpaired) electrons. The minimum Gasteiger partial charge on any atom is -0.346 e. The van der Waals surface area contributed by atoms with Crippen molar-refractivity contribution in [3.05, 3.63) is 77.9 Å². The van der Waals surface area contributed by atoms with E-state index in [-0.39, 0.29) is 43.1 Å². The molecule has 1 N–H and O–H groups in total. The van der Waals surface area contributed by atoms with Crippen molar-refractivity contribution < 1.29 is 14.4 Å². The number of amides is 3. The summed E-state index contributed by atoms with van der Waals surface area (Å²) in [6.07, 6.45) is 7.46. The van der Waals surface area contributed by atoms with Gasteiger partial charge in [0.1, 0.15) is 0 Å². The van der Waals surface area contributed by atoms with Crippen LogP contribution in [0.25, 0.3) is 0 Å². The van der Waals surface area contributed by atoms with E-state index >= 15 is 0 Å². The molecule has 0 bridgehead atoms. The number of carbonyl (C=O) groups excluding carboxylic acids is 3. The molecule has 6 nitrogen and oxygen atoms in total. The summed E-state index contributed by atoms with van der Waals surface area (Å²) in [6, 6.07) is 16.6. The lowest BCUT2D eigenvalue weighted by Crippen LogP contribution is -2.70. The first-order valence-corrected chi connectivity index (χ1v) is 10.9. The van der Waals surface area contributed by atoms with Gasteiger partial charge >= 0.3 is 0 Å². The van der Waals surface area contributed by atoms with Gasteiger partial charge in [0.2, 0.25) is 11.6 Å². The highest BCUT2D eigenvalue weighted by molar-refractivity contribution is 6.16. The van der Waals surface area contributed by atoms with Gasteiger partial charge in [-0.05, 0) is 37.0 Å². The van der Waals surface area contributed by atoms with Crippen LogP contribution in [0, 0.1) is 0 Å². The van der Waals surface area contributed by atoms with E-state index in [0.717, 1.165) is 24.8 Å². The standard InChI is InChI=1S/C25H25N3O3/c29-22-15-16-25(24(31)26-19-11-5-2-6-12-19)27(17-18-9-3-1-4-10-18)23(30)20-13-7-8-14-21(20)28(22)25/h1,3-5,7-11,13-14,19H,2,6,12,15-17H2,(H,26,31)/t19-,25-/m1/s1. The number of para-hydroxylation sites is 1. The van der Waals surface area contributed by atoms with Crippen molar-refractivity contribution in [3.63, 3.8) is 0 Å². The second-order valence-corrected chi connectivity index (χ2v) is 8.38. The summed E-state index contributed by atoms with van der Waals surface area (Å²) in [5.41, 5.74) is 0.534. The third-order valence-electron chi connectivity index (χ3n) is 6.49. The van der Waals surface area contributed by atoms with E-state index in [9.17, 15) is 14.4 Å². The fourth-order valence-electron chi connectivity index (χ4n) is 4.99.